The van der Waals surface area contributed by atoms with E-state index in [9.17, 15) is 9.59 Å². The molecule has 0 radical (unpaired) electrons. The van der Waals surface area contributed by atoms with E-state index in [1.807, 2.05) is 25.1 Å². The zero-order valence-corrected chi connectivity index (χ0v) is 11.3. The number of para-hydroxylation sites is 1. The van der Waals surface area contributed by atoms with E-state index in [-0.39, 0.29) is 24.1 Å². The maximum Gasteiger partial charge on any atom is 0.305 e. The first-order valence-electron chi connectivity index (χ1n) is 6.61. The largest absolute Gasteiger partial charge is 0.481 e. The van der Waals surface area contributed by atoms with E-state index in [4.69, 9.17) is 9.52 Å². The molecule has 20 heavy (non-hydrogen) atoms. The van der Waals surface area contributed by atoms with Crippen molar-refractivity contribution in [3.05, 3.63) is 36.1 Å². The Kier molecular flexibility index (Phi) is 4.40. The van der Waals surface area contributed by atoms with Crippen molar-refractivity contribution in [3.63, 3.8) is 0 Å². The van der Waals surface area contributed by atoms with Gasteiger partial charge in [0.05, 0.1) is 6.42 Å². The second-order valence-electron chi connectivity index (χ2n) is 4.71. The molecule has 5 heteroatoms. The molecule has 1 atom stereocenters. The number of carboxylic acid groups (broad SMARTS) is 1. The fraction of sp³-hybridized carbons (Fsp3) is 0.333. The summed E-state index contributed by atoms with van der Waals surface area (Å²) < 4.78 is 5.45. The molecular formula is C15H17NO4. The Bertz CT molecular complexity index is 584. The quantitative estimate of drug-likeness (QED) is 0.849. The molecule has 1 unspecified atom stereocenters. The average molecular weight is 275 g/mol. The third-order valence-electron chi connectivity index (χ3n) is 3.04. The minimum Gasteiger partial charge on any atom is -0.481 e. The van der Waals surface area contributed by atoms with Gasteiger partial charge >= 0.3 is 5.97 Å². The van der Waals surface area contributed by atoms with Crippen LogP contribution in [-0.4, -0.2) is 23.0 Å². The second kappa shape index (κ2) is 6.23. The second-order valence-corrected chi connectivity index (χ2v) is 4.71. The normalized spacial score (nSPS) is 12.2. The van der Waals surface area contributed by atoms with E-state index >= 15 is 0 Å². The molecule has 106 valence electrons. The maximum absolute atomic E-state index is 12.1. The Balaban J connectivity index is 2.11. The summed E-state index contributed by atoms with van der Waals surface area (Å²) >= 11 is 0. The lowest BCUT2D eigenvalue weighted by Crippen LogP contribution is -2.36. The fourth-order valence-corrected chi connectivity index (χ4v) is 2.13. The van der Waals surface area contributed by atoms with Crippen LogP contribution in [0.25, 0.3) is 11.0 Å². The molecule has 2 N–H and O–H groups in total. The summed E-state index contributed by atoms with van der Waals surface area (Å²) in [4.78, 5) is 22.9. The topological polar surface area (TPSA) is 79.5 Å². The first-order valence-corrected chi connectivity index (χ1v) is 6.61. The van der Waals surface area contributed by atoms with Crippen molar-refractivity contribution in [2.45, 2.75) is 32.2 Å². The van der Waals surface area contributed by atoms with Crippen LogP contribution in [0.1, 0.15) is 36.7 Å². The van der Waals surface area contributed by atoms with Crippen LogP contribution >= 0.6 is 0 Å². The molecule has 1 amide bonds. The Morgan fingerprint density at radius 3 is 2.75 bits per heavy atom. The van der Waals surface area contributed by atoms with Crippen LogP contribution in [0.2, 0.25) is 0 Å². The van der Waals surface area contributed by atoms with Gasteiger partial charge in [0.25, 0.3) is 5.91 Å². The monoisotopic (exact) mass is 275 g/mol. The number of amides is 1. The molecule has 1 heterocycles. The standard InChI is InChI=1S/C15H17NO4/c1-2-5-11(9-14(17)18)16-15(19)13-8-10-6-3-4-7-12(10)20-13/h3-4,6-8,11H,2,5,9H2,1H3,(H,16,19)(H,17,18). The molecule has 0 aliphatic carbocycles. The van der Waals surface area contributed by atoms with E-state index in [2.05, 4.69) is 5.32 Å². The predicted octanol–water partition coefficient (Wildman–Crippen LogP) is 2.81. The first-order chi connectivity index (χ1) is 9.60. The minimum atomic E-state index is -0.923. The number of furan rings is 1. The van der Waals surface area contributed by atoms with Gasteiger partial charge < -0.3 is 14.8 Å². The van der Waals surface area contributed by atoms with Crippen LogP contribution in [0.5, 0.6) is 0 Å². The highest BCUT2D eigenvalue weighted by atomic mass is 16.4. The maximum atomic E-state index is 12.1. The molecule has 1 aromatic heterocycles. The lowest BCUT2D eigenvalue weighted by atomic mass is 10.1. The van der Waals surface area contributed by atoms with Crippen LogP contribution in [-0.2, 0) is 4.79 Å². The molecule has 0 bridgehead atoms. The molecule has 0 saturated heterocycles. The first kappa shape index (κ1) is 14.1. The van der Waals surface area contributed by atoms with Gasteiger partial charge in [-0.05, 0) is 18.6 Å². The molecule has 0 aliphatic heterocycles. The van der Waals surface area contributed by atoms with Gasteiger partial charge in [0, 0.05) is 11.4 Å². The number of benzene rings is 1. The molecule has 2 rings (SSSR count). The summed E-state index contributed by atoms with van der Waals surface area (Å²) in [6.45, 7) is 1.95. The Hall–Kier alpha value is -2.30. The van der Waals surface area contributed by atoms with Gasteiger partial charge in [-0.1, -0.05) is 31.5 Å². The van der Waals surface area contributed by atoms with E-state index < -0.39 is 5.97 Å². The average Bonchev–Trinajstić information content (AvgIpc) is 2.82. The van der Waals surface area contributed by atoms with E-state index in [1.54, 1.807) is 12.1 Å². The van der Waals surface area contributed by atoms with Crippen molar-refractivity contribution in [1.29, 1.82) is 0 Å². The third-order valence-corrected chi connectivity index (χ3v) is 3.04. The van der Waals surface area contributed by atoms with Crippen molar-refractivity contribution in [2.24, 2.45) is 0 Å². The molecule has 2 aromatic rings. The minimum absolute atomic E-state index is 0.0835. The Morgan fingerprint density at radius 1 is 1.35 bits per heavy atom. The van der Waals surface area contributed by atoms with Crippen LogP contribution in [0.15, 0.2) is 34.7 Å². The Morgan fingerprint density at radius 2 is 2.10 bits per heavy atom. The molecule has 5 nitrogen and oxygen atoms in total. The summed E-state index contributed by atoms with van der Waals surface area (Å²) in [5.41, 5.74) is 0.642. The summed E-state index contributed by atoms with van der Waals surface area (Å²) in [6, 6.07) is 8.62. The molecular weight excluding hydrogens is 258 g/mol. The van der Waals surface area contributed by atoms with Crippen molar-refractivity contribution in [1.82, 2.24) is 5.32 Å². The zero-order chi connectivity index (χ0) is 14.5. The fourth-order valence-electron chi connectivity index (χ4n) is 2.13. The molecule has 0 aliphatic rings. The SMILES string of the molecule is CCCC(CC(=O)O)NC(=O)c1cc2ccccc2o1. The van der Waals surface area contributed by atoms with E-state index in [0.717, 1.165) is 11.8 Å². The predicted molar refractivity (Wildman–Crippen MR) is 74.6 cm³/mol. The molecule has 0 fully saturated rings. The van der Waals surface area contributed by atoms with Gasteiger partial charge in [-0.3, -0.25) is 9.59 Å². The highest BCUT2D eigenvalue weighted by molar-refractivity contribution is 5.96. The number of carbonyl (C=O) groups is 2. The molecule has 0 saturated carbocycles. The van der Waals surface area contributed by atoms with Crippen LogP contribution in [0.3, 0.4) is 0 Å². The van der Waals surface area contributed by atoms with Crippen LogP contribution in [0.4, 0.5) is 0 Å². The highest BCUT2D eigenvalue weighted by Crippen LogP contribution is 2.19. The van der Waals surface area contributed by atoms with Gasteiger partial charge in [0.15, 0.2) is 5.76 Å². The highest BCUT2D eigenvalue weighted by Gasteiger charge is 2.18. The van der Waals surface area contributed by atoms with Crippen molar-refractivity contribution in [3.8, 4) is 0 Å². The third kappa shape index (κ3) is 3.38. The lowest BCUT2D eigenvalue weighted by Gasteiger charge is -2.14. The Labute approximate surface area is 116 Å². The van der Waals surface area contributed by atoms with Gasteiger partial charge in [-0.2, -0.15) is 0 Å². The van der Waals surface area contributed by atoms with Gasteiger partial charge in [-0.25, -0.2) is 0 Å². The molecule has 1 aromatic carbocycles. The summed E-state index contributed by atoms with van der Waals surface area (Å²) in [5.74, 6) is -1.09. The number of nitrogens with one attached hydrogen (secondary N) is 1. The van der Waals surface area contributed by atoms with Crippen molar-refractivity contribution in [2.75, 3.05) is 0 Å². The number of rotatable bonds is 6. The number of hydrogen-bond donors (Lipinski definition) is 2. The summed E-state index contributed by atoms with van der Waals surface area (Å²) in [6.07, 6.45) is 1.34. The number of hydrogen-bond acceptors (Lipinski definition) is 3. The number of carbonyl (C=O) groups excluding carboxylic acids is 1. The zero-order valence-electron chi connectivity index (χ0n) is 11.3. The van der Waals surface area contributed by atoms with Gasteiger partial charge in [-0.15, -0.1) is 0 Å². The number of carboxylic acids is 1. The van der Waals surface area contributed by atoms with Gasteiger partial charge in [0.1, 0.15) is 5.58 Å². The lowest BCUT2D eigenvalue weighted by molar-refractivity contribution is -0.137. The smallest absolute Gasteiger partial charge is 0.305 e. The van der Waals surface area contributed by atoms with E-state index in [1.165, 1.54) is 0 Å². The van der Waals surface area contributed by atoms with Crippen molar-refractivity contribution >= 4 is 22.8 Å². The number of aliphatic carboxylic acids is 1. The number of fused-ring (bicyclic) bond motifs is 1. The summed E-state index contributed by atoms with van der Waals surface area (Å²) in [7, 11) is 0. The molecule has 0 spiro atoms. The van der Waals surface area contributed by atoms with Crippen LogP contribution < -0.4 is 5.32 Å². The van der Waals surface area contributed by atoms with Crippen LogP contribution in [0, 0.1) is 0 Å². The summed E-state index contributed by atoms with van der Waals surface area (Å²) in [5, 5.41) is 12.4. The van der Waals surface area contributed by atoms with Gasteiger partial charge in [0.2, 0.25) is 0 Å². The van der Waals surface area contributed by atoms with Crippen molar-refractivity contribution < 1.29 is 19.1 Å². The van der Waals surface area contributed by atoms with E-state index in [0.29, 0.717) is 12.0 Å².